The maximum absolute atomic E-state index is 12.2. The standard InChI is InChI=1S/C16H20N2O2/c1-11(2)20-15(19)16(3)9-13(10-17)14(18-16)12-7-5-4-6-8-12/h4-8,11,13-14,18H,9H2,1-3H3/t13-,14-,16-/m1/s1. The molecule has 4 heteroatoms. The lowest BCUT2D eigenvalue weighted by Crippen LogP contribution is -2.47. The van der Waals surface area contributed by atoms with Crippen LogP contribution in [0.25, 0.3) is 0 Å². The van der Waals surface area contributed by atoms with E-state index in [2.05, 4.69) is 11.4 Å². The summed E-state index contributed by atoms with van der Waals surface area (Å²) in [7, 11) is 0. The van der Waals surface area contributed by atoms with Crippen LogP contribution >= 0.6 is 0 Å². The van der Waals surface area contributed by atoms with E-state index in [1.165, 1.54) is 0 Å². The molecule has 1 heterocycles. The van der Waals surface area contributed by atoms with E-state index >= 15 is 0 Å². The largest absolute Gasteiger partial charge is 0.462 e. The molecule has 1 aromatic carbocycles. The summed E-state index contributed by atoms with van der Waals surface area (Å²) in [5.74, 6) is -0.520. The Morgan fingerprint density at radius 3 is 2.65 bits per heavy atom. The highest BCUT2D eigenvalue weighted by atomic mass is 16.5. The fourth-order valence-electron chi connectivity index (χ4n) is 2.64. The molecule has 2 rings (SSSR count). The van der Waals surface area contributed by atoms with Crippen molar-refractivity contribution in [3.05, 3.63) is 35.9 Å². The minimum absolute atomic E-state index is 0.133. The molecule has 0 aliphatic carbocycles. The van der Waals surface area contributed by atoms with Crippen molar-refractivity contribution in [2.75, 3.05) is 0 Å². The Labute approximate surface area is 119 Å². The van der Waals surface area contributed by atoms with Gasteiger partial charge in [0.05, 0.1) is 18.1 Å². The topological polar surface area (TPSA) is 62.1 Å². The highest BCUT2D eigenvalue weighted by Crippen LogP contribution is 2.38. The van der Waals surface area contributed by atoms with Crippen LogP contribution in [0.4, 0.5) is 0 Å². The Morgan fingerprint density at radius 1 is 1.45 bits per heavy atom. The normalized spacial score (nSPS) is 29.1. The summed E-state index contributed by atoms with van der Waals surface area (Å²) in [6, 6.07) is 11.9. The van der Waals surface area contributed by atoms with E-state index < -0.39 is 5.54 Å². The maximum atomic E-state index is 12.2. The first-order valence-electron chi connectivity index (χ1n) is 6.89. The van der Waals surface area contributed by atoms with Crippen molar-refractivity contribution in [2.45, 2.75) is 44.9 Å². The van der Waals surface area contributed by atoms with Gasteiger partial charge in [-0.2, -0.15) is 5.26 Å². The zero-order chi connectivity index (χ0) is 14.8. The van der Waals surface area contributed by atoms with Gasteiger partial charge in [-0.15, -0.1) is 0 Å². The Kier molecular flexibility index (Phi) is 4.10. The van der Waals surface area contributed by atoms with Crippen molar-refractivity contribution < 1.29 is 9.53 Å². The van der Waals surface area contributed by atoms with Crippen LogP contribution in [-0.4, -0.2) is 17.6 Å². The monoisotopic (exact) mass is 272 g/mol. The number of nitriles is 1. The molecule has 0 unspecified atom stereocenters. The second kappa shape index (κ2) is 5.64. The Bertz CT molecular complexity index is 521. The predicted molar refractivity (Wildman–Crippen MR) is 75.7 cm³/mol. The first kappa shape index (κ1) is 14.5. The second-order valence-corrected chi connectivity index (χ2v) is 5.76. The first-order valence-corrected chi connectivity index (χ1v) is 6.89. The molecule has 1 fully saturated rings. The fourth-order valence-corrected chi connectivity index (χ4v) is 2.64. The average molecular weight is 272 g/mol. The lowest BCUT2D eigenvalue weighted by molar-refractivity contribution is -0.154. The van der Waals surface area contributed by atoms with E-state index in [1.54, 1.807) is 0 Å². The van der Waals surface area contributed by atoms with Crippen LogP contribution in [-0.2, 0) is 9.53 Å². The lowest BCUT2D eigenvalue weighted by atomic mass is 9.91. The van der Waals surface area contributed by atoms with E-state index in [1.807, 2.05) is 51.1 Å². The molecule has 4 nitrogen and oxygen atoms in total. The minimum Gasteiger partial charge on any atom is -0.462 e. The molecule has 1 saturated heterocycles. The smallest absolute Gasteiger partial charge is 0.326 e. The molecule has 0 radical (unpaired) electrons. The SMILES string of the molecule is CC(C)OC(=O)[C@@]1(C)C[C@H](C#N)[C@@H](c2ccccc2)N1. The third kappa shape index (κ3) is 2.83. The van der Waals surface area contributed by atoms with Gasteiger partial charge in [-0.1, -0.05) is 30.3 Å². The summed E-state index contributed by atoms with van der Waals surface area (Å²) in [6.07, 6.45) is 0.312. The molecule has 1 aliphatic rings. The quantitative estimate of drug-likeness (QED) is 0.859. The van der Waals surface area contributed by atoms with Gasteiger partial charge in [-0.25, -0.2) is 0 Å². The molecule has 1 aliphatic heterocycles. The third-order valence-corrected chi connectivity index (χ3v) is 3.62. The number of nitrogens with zero attached hydrogens (tertiary/aromatic N) is 1. The first-order chi connectivity index (χ1) is 9.46. The van der Waals surface area contributed by atoms with Crippen LogP contribution < -0.4 is 5.32 Å². The Balaban J connectivity index is 2.22. The van der Waals surface area contributed by atoms with Crippen LogP contribution in [0.2, 0.25) is 0 Å². The van der Waals surface area contributed by atoms with Gasteiger partial charge in [-0.05, 0) is 32.8 Å². The molecule has 1 N–H and O–H groups in total. The van der Waals surface area contributed by atoms with E-state index in [-0.39, 0.29) is 24.0 Å². The van der Waals surface area contributed by atoms with Crippen molar-refractivity contribution in [2.24, 2.45) is 5.92 Å². The fraction of sp³-hybridized carbons (Fsp3) is 0.500. The predicted octanol–water partition coefficient (Wildman–Crippen LogP) is 2.57. The number of nitrogens with one attached hydrogen (secondary N) is 1. The zero-order valence-corrected chi connectivity index (χ0v) is 12.1. The number of hydrogen-bond acceptors (Lipinski definition) is 4. The molecule has 0 saturated carbocycles. The highest BCUT2D eigenvalue weighted by molar-refractivity contribution is 5.81. The molecule has 0 bridgehead atoms. The van der Waals surface area contributed by atoms with Crippen LogP contribution in [0.5, 0.6) is 0 Å². The van der Waals surface area contributed by atoms with Gasteiger partial charge in [-0.3, -0.25) is 10.1 Å². The molecule has 106 valence electrons. The summed E-state index contributed by atoms with van der Waals surface area (Å²) < 4.78 is 5.30. The van der Waals surface area contributed by atoms with Crippen molar-refractivity contribution in [3.63, 3.8) is 0 Å². The summed E-state index contributed by atoms with van der Waals surface area (Å²) in [5.41, 5.74) is 0.227. The van der Waals surface area contributed by atoms with Gasteiger partial charge >= 0.3 is 5.97 Å². The van der Waals surface area contributed by atoms with Gasteiger partial charge in [0.1, 0.15) is 5.54 Å². The van der Waals surface area contributed by atoms with E-state index in [0.717, 1.165) is 5.56 Å². The zero-order valence-electron chi connectivity index (χ0n) is 12.1. The van der Waals surface area contributed by atoms with Crippen molar-refractivity contribution in [3.8, 4) is 6.07 Å². The lowest BCUT2D eigenvalue weighted by Gasteiger charge is -2.25. The number of benzene rings is 1. The third-order valence-electron chi connectivity index (χ3n) is 3.62. The summed E-state index contributed by atoms with van der Waals surface area (Å²) in [4.78, 5) is 12.2. The minimum atomic E-state index is -0.800. The molecule has 0 spiro atoms. The summed E-state index contributed by atoms with van der Waals surface area (Å²) in [6.45, 7) is 5.46. The second-order valence-electron chi connectivity index (χ2n) is 5.76. The van der Waals surface area contributed by atoms with Crippen molar-refractivity contribution in [1.29, 1.82) is 5.26 Å². The number of esters is 1. The van der Waals surface area contributed by atoms with Gasteiger partial charge in [0.2, 0.25) is 0 Å². The van der Waals surface area contributed by atoms with Crippen molar-refractivity contribution in [1.82, 2.24) is 5.32 Å². The molecule has 0 aromatic heterocycles. The van der Waals surface area contributed by atoms with Crippen LogP contribution in [0.1, 0.15) is 38.8 Å². The van der Waals surface area contributed by atoms with Crippen LogP contribution in [0.15, 0.2) is 30.3 Å². The van der Waals surface area contributed by atoms with Gasteiger partial charge < -0.3 is 4.74 Å². The molecular formula is C16H20N2O2. The van der Waals surface area contributed by atoms with Crippen LogP contribution in [0, 0.1) is 17.2 Å². The highest BCUT2D eigenvalue weighted by Gasteiger charge is 2.48. The van der Waals surface area contributed by atoms with Gasteiger partial charge in [0.15, 0.2) is 0 Å². The molecular weight excluding hydrogens is 252 g/mol. The molecule has 0 amide bonds. The number of hydrogen-bond donors (Lipinski definition) is 1. The summed E-state index contributed by atoms with van der Waals surface area (Å²) >= 11 is 0. The summed E-state index contributed by atoms with van der Waals surface area (Å²) in [5, 5.41) is 12.6. The Hall–Kier alpha value is -1.86. The molecule has 1 aromatic rings. The van der Waals surface area contributed by atoms with E-state index in [4.69, 9.17) is 4.74 Å². The molecule has 20 heavy (non-hydrogen) atoms. The van der Waals surface area contributed by atoms with Gasteiger partial charge in [0.25, 0.3) is 0 Å². The van der Waals surface area contributed by atoms with Crippen molar-refractivity contribution >= 4 is 5.97 Å². The number of ether oxygens (including phenoxy) is 1. The van der Waals surface area contributed by atoms with E-state index in [9.17, 15) is 10.1 Å². The number of carbonyl (C=O) groups is 1. The van der Waals surface area contributed by atoms with E-state index in [0.29, 0.717) is 6.42 Å². The van der Waals surface area contributed by atoms with Gasteiger partial charge in [0, 0.05) is 6.04 Å². The maximum Gasteiger partial charge on any atom is 0.326 e. The number of rotatable bonds is 3. The van der Waals surface area contributed by atoms with Crippen LogP contribution in [0.3, 0.4) is 0 Å². The molecule has 3 atom stereocenters. The average Bonchev–Trinajstić information content (AvgIpc) is 2.78. The Morgan fingerprint density at radius 2 is 2.10 bits per heavy atom. The number of carbonyl (C=O) groups excluding carboxylic acids is 1.